The molecular weight excluding hydrogens is 233 g/mol. The van der Waals surface area contributed by atoms with E-state index < -0.39 is 0 Å². The van der Waals surface area contributed by atoms with Gasteiger partial charge >= 0.3 is 0 Å². The summed E-state index contributed by atoms with van der Waals surface area (Å²) >= 11 is 3.22. The Labute approximate surface area is 85.3 Å². The van der Waals surface area contributed by atoms with Gasteiger partial charge in [0.05, 0.1) is 0 Å². The van der Waals surface area contributed by atoms with Crippen molar-refractivity contribution in [2.24, 2.45) is 11.7 Å². The van der Waals surface area contributed by atoms with E-state index in [1.807, 2.05) is 6.07 Å². The molecule has 1 aliphatic rings. The van der Waals surface area contributed by atoms with Gasteiger partial charge in [0.1, 0.15) is 5.82 Å². The summed E-state index contributed by atoms with van der Waals surface area (Å²) in [4.78, 5) is 0. The van der Waals surface area contributed by atoms with Gasteiger partial charge in [-0.2, -0.15) is 0 Å². The number of benzene rings is 1. The van der Waals surface area contributed by atoms with Crippen LogP contribution in [0.25, 0.3) is 0 Å². The Morgan fingerprint density at radius 3 is 2.69 bits per heavy atom. The van der Waals surface area contributed by atoms with E-state index in [4.69, 9.17) is 5.73 Å². The van der Waals surface area contributed by atoms with E-state index in [0.29, 0.717) is 11.5 Å². The molecule has 0 bridgehead atoms. The maximum atomic E-state index is 13.4. The molecule has 3 heteroatoms. The first-order valence-electron chi connectivity index (χ1n) is 4.39. The zero-order valence-corrected chi connectivity index (χ0v) is 8.72. The lowest BCUT2D eigenvalue weighted by molar-refractivity contribution is 0.553. The minimum absolute atomic E-state index is 0.118. The van der Waals surface area contributed by atoms with Crippen molar-refractivity contribution in [3.8, 4) is 0 Å². The van der Waals surface area contributed by atoms with Gasteiger partial charge in [0.25, 0.3) is 0 Å². The van der Waals surface area contributed by atoms with Crippen LogP contribution < -0.4 is 5.73 Å². The first-order chi connectivity index (χ1) is 6.18. The van der Waals surface area contributed by atoms with Gasteiger partial charge in [0, 0.05) is 16.1 Å². The van der Waals surface area contributed by atoms with Crippen molar-refractivity contribution in [3.63, 3.8) is 0 Å². The predicted molar refractivity (Wildman–Crippen MR) is 53.8 cm³/mol. The molecule has 1 aromatic rings. The minimum Gasteiger partial charge on any atom is -0.324 e. The highest BCUT2D eigenvalue weighted by Gasteiger charge is 2.30. The van der Waals surface area contributed by atoms with Gasteiger partial charge in [-0.25, -0.2) is 4.39 Å². The maximum Gasteiger partial charge on any atom is 0.129 e. The van der Waals surface area contributed by atoms with Gasteiger partial charge in [0.2, 0.25) is 0 Å². The van der Waals surface area contributed by atoms with Crippen molar-refractivity contribution in [2.75, 3.05) is 0 Å². The second kappa shape index (κ2) is 3.39. The summed E-state index contributed by atoms with van der Waals surface area (Å²) in [5, 5.41) is 0. The fourth-order valence-corrected chi connectivity index (χ4v) is 1.81. The van der Waals surface area contributed by atoms with Crippen molar-refractivity contribution in [3.05, 3.63) is 34.1 Å². The Hall–Kier alpha value is -0.410. The van der Waals surface area contributed by atoms with Crippen LogP contribution in [0.15, 0.2) is 22.7 Å². The Kier molecular flexibility index (Phi) is 2.39. The van der Waals surface area contributed by atoms with Gasteiger partial charge < -0.3 is 5.73 Å². The molecule has 0 heterocycles. The highest BCUT2D eigenvalue weighted by Crippen LogP contribution is 2.40. The van der Waals surface area contributed by atoms with Crippen LogP contribution in [0.3, 0.4) is 0 Å². The Bertz CT molecular complexity index is 323. The average Bonchev–Trinajstić information content (AvgIpc) is 2.85. The average molecular weight is 244 g/mol. The molecule has 0 aliphatic heterocycles. The van der Waals surface area contributed by atoms with Gasteiger partial charge in [-0.05, 0) is 30.9 Å². The zero-order chi connectivity index (χ0) is 9.42. The molecule has 1 aliphatic carbocycles. The van der Waals surface area contributed by atoms with Gasteiger partial charge in [-0.1, -0.05) is 22.0 Å². The number of hydrogen-bond donors (Lipinski definition) is 1. The molecule has 1 atom stereocenters. The Morgan fingerprint density at radius 1 is 1.46 bits per heavy atom. The van der Waals surface area contributed by atoms with E-state index in [0.717, 1.165) is 17.3 Å². The van der Waals surface area contributed by atoms with Crippen molar-refractivity contribution in [1.82, 2.24) is 0 Å². The molecule has 1 fully saturated rings. The number of rotatable bonds is 2. The zero-order valence-electron chi connectivity index (χ0n) is 7.13. The smallest absolute Gasteiger partial charge is 0.129 e. The molecule has 13 heavy (non-hydrogen) atoms. The lowest BCUT2D eigenvalue weighted by Crippen LogP contribution is -2.13. The van der Waals surface area contributed by atoms with Crippen molar-refractivity contribution < 1.29 is 4.39 Å². The molecule has 0 spiro atoms. The van der Waals surface area contributed by atoms with Crippen LogP contribution in [-0.2, 0) is 0 Å². The summed E-state index contributed by atoms with van der Waals surface area (Å²) in [5.74, 6) is 0.296. The third-order valence-corrected chi connectivity index (χ3v) is 2.94. The number of nitrogens with two attached hydrogens (primary N) is 1. The van der Waals surface area contributed by atoms with Crippen molar-refractivity contribution in [2.45, 2.75) is 18.9 Å². The van der Waals surface area contributed by atoms with Gasteiger partial charge in [-0.15, -0.1) is 0 Å². The van der Waals surface area contributed by atoms with E-state index in [9.17, 15) is 4.39 Å². The third-order valence-electron chi connectivity index (χ3n) is 2.45. The maximum absolute atomic E-state index is 13.4. The largest absolute Gasteiger partial charge is 0.324 e. The summed E-state index contributed by atoms with van der Waals surface area (Å²) in [6.07, 6.45) is 2.27. The summed E-state index contributed by atoms with van der Waals surface area (Å²) in [7, 11) is 0. The molecule has 0 amide bonds. The summed E-state index contributed by atoms with van der Waals surface area (Å²) in [5.41, 5.74) is 6.54. The predicted octanol–water partition coefficient (Wildman–Crippen LogP) is 3.00. The van der Waals surface area contributed by atoms with Crippen molar-refractivity contribution in [1.29, 1.82) is 0 Å². The van der Waals surface area contributed by atoms with E-state index in [2.05, 4.69) is 15.9 Å². The quantitative estimate of drug-likeness (QED) is 0.850. The van der Waals surface area contributed by atoms with E-state index in [1.165, 1.54) is 6.07 Å². The number of halogens is 2. The molecular formula is C10H11BrFN. The summed E-state index contributed by atoms with van der Waals surface area (Å²) in [6, 6.07) is 4.95. The lowest BCUT2D eigenvalue weighted by atomic mass is 10.0. The van der Waals surface area contributed by atoms with Gasteiger partial charge in [-0.3, -0.25) is 0 Å². The topological polar surface area (TPSA) is 26.0 Å². The molecule has 1 saturated carbocycles. The van der Waals surface area contributed by atoms with Crippen molar-refractivity contribution >= 4 is 15.9 Å². The summed E-state index contributed by atoms with van der Waals surface area (Å²) < 4.78 is 14.1. The van der Waals surface area contributed by atoms with Crippen LogP contribution in [0.2, 0.25) is 0 Å². The molecule has 70 valence electrons. The fourth-order valence-electron chi connectivity index (χ4n) is 1.48. The Balaban J connectivity index is 2.28. The monoisotopic (exact) mass is 243 g/mol. The fraction of sp³-hybridized carbons (Fsp3) is 0.400. The van der Waals surface area contributed by atoms with E-state index in [-0.39, 0.29) is 11.9 Å². The molecule has 1 aromatic carbocycles. The molecule has 0 radical (unpaired) electrons. The minimum atomic E-state index is -0.200. The van der Waals surface area contributed by atoms with E-state index >= 15 is 0 Å². The second-order valence-corrected chi connectivity index (χ2v) is 4.44. The van der Waals surface area contributed by atoms with E-state index in [1.54, 1.807) is 6.07 Å². The molecule has 0 saturated heterocycles. The highest BCUT2D eigenvalue weighted by atomic mass is 79.9. The van der Waals surface area contributed by atoms with Crippen LogP contribution in [0.1, 0.15) is 24.4 Å². The highest BCUT2D eigenvalue weighted by molar-refractivity contribution is 9.10. The number of hydrogen-bond acceptors (Lipinski definition) is 1. The summed E-state index contributed by atoms with van der Waals surface area (Å²) in [6.45, 7) is 0. The standard InChI is InChI=1S/C10H11BrFN/c11-7-3-4-8(9(12)5-7)10(13)6-1-2-6/h3-6,10H,1-2,13H2. The van der Waals surface area contributed by atoms with Gasteiger partial charge in [0.15, 0.2) is 0 Å². The van der Waals surface area contributed by atoms with Crippen LogP contribution in [0.5, 0.6) is 0 Å². The molecule has 1 nitrogen and oxygen atoms in total. The molecule has 0 aromatic heterocycles. The first-order valence-corrected chi connectivity index (χ1v) is 5.18. The van der Waals surface area contributed by atoms with Crippen LogP contribution in [-0.4, -0.2) is 0 Å². The first kappa shape index (κ1) is 9.16. The Morgan fingerprint density at radius 2 is 2.15 bits per heavy atom. The molecule has 2 N–H and O–H groups in total. The van der Waals surface area contributed by atoms with Crippen LogP contribution >= 0.6 is 15.9 Å². The van der Waals surface area contributed by atoms with Crippen LogP contribution in [0, 0.1) is 11.7 Å². The normalized spacial score (nSPS) is 18.7. The molecule has 2 rings (SSSR count). The second-order valence-electron chi connectivity index (χ2n) is 3.53. The SMILES string of the molecule is NC(c1ccc(Br)cc1F)C1CC1. The molecule has 1 unspecified atom stereocenters. The third kappa shape index (κ3) is 1.92. The lowest BCUT2D eigenvalue weighted by Gasteiger charge is -2.11. The van der Waals surface area contributed by atoms with Crippen LogP contribution in [0.4, 0.5) is 4.39 Å².